The van der Waals surface area contributed by atoms with Crippen LogP contribution in [-0.4, -0.2) is 37.1 Å². The zero-order valence-electron chi connectivity index (χ0n) is 11.7. The van der Waals surface area contributed by atoms with Crippen molar-refractivity contribution < 1.29 is 13.6 Å². The third-order valence-corrected chi connectivity index (χ3v) is 3.75. The summed E-state index contributed by atoms with van der Waals surface area (Å²) < 4.78 is 25.9. The maximum atomic E-state index is 13.4. The van der Waals surface area contributed by atoms with Crippen LogP contribution >= 0.6 is 0 Å². The first-order chi connectivity index (χ1) is 9.58. The van der Waals surface area contributed by atoms with Gasteiger partial charge in [-0.2, -0.15) is 0 Å². The number of nitrogens with zero attached hydrogens (tertiary/aromatic N) is 1. The lowest BCUT2D eigenvalue weighted by Gasteiger charge is -2.29. The second-order valence-electron chi connectivity index (χ2n) is 5.39. The number of likely N-dealkylation sites (tertiary alicyclic amines) is 1. The van der Waals surface area contributed by atoms with Crippen LogP contribution in [0.3, 0.4) is 0 Å². The van der Waals surface area contributed by atoms with Gasteiger partial charge in [0.25, 0.3) is 0 Å². The number of hydrogen-bond acceptors (Lipinski definition) is 2. The number of alkyl halides is 1. The van der Waals surface area contributed by atoms with E-state index in [4.69, 9.17) is 0 Å². The lowest BCUT2D eigenvalue weighted by atomic mass is 9.98. The molecule has 2 rings (SSSR count). The second-order valence-corrected chi connectivity index (χ2v) is 5.39. The number of benzene rings is 1. The second kappa shape index (κ2) is 6.79. The fourth-order valence-corrected chi connectivity index (χ4v) is 2.37. The molecule has 0 unspecified atom stereocenters. The molecule has 3 nitrogen and oxygen atoms in total. The van der Waals surface area contributed by atoms with Crippen molar-refractivity contribution >= 4 is 11.6 Å². The number of carbonyl (C=O) groups is 1. The first kappa shape index (κ1) is 14.9. The van der Waals surface area contributed by atoms with Gasteiger partial charge in [-0.3, -0.25) is 14.1 Å². The summed E-state index contributed by atoms with van der Waals surface area (Å²) in [6.07, 6.45) is 1.59. The molecular weight excluding hydrogens is 262 g/mol. The molecule has 0 spiro atoms. The number of aryl methyl sites for hydroxylation is 1. The number of hydrogen-bond donors (Lipinski definition) is 1. The number of nitrogens with one attached hydrogen (secondary N) is 1. The van der Waals surface area contributed by atoms with Crippen LogP contribution in [0.25, 0.3) is 0 Å². The molecule has 0 saturated carbocycles. The number of carbonyl (C=O) groups excluding carboxylic acids is 1. The molecule has 1 saturated heterocycles. The Bertz CT molecular complexity index is 471. The standard InChI is InChI=1S/C15H20F2N2O/c1-11-2-3-13(8-14(11)17)18-15(20)10-19-6-4-12(9-16)5-7-19/h2-3,8,12H,4-7,9-10H2,1H3,(H,18,20). The van der Waals surface area contributed by atoms with E-state index in [9.17, 15) is 13.6 Å². The van der Waals surface area contributed by atoms with Crippen molar-refractivity contribution in [2.45, 2.75) is 19.8 Å². The molecule has 1 fully saturated rings. The highest BCUT2D eigenvalue weighted by molar-refractivity contribution is 5.92. The third kappa shape index (κ3) is 4.00. The first-order valence-electron chi connectivity index (χ1n) is 6.93. The minimum absolute atomic E-state index is 0.139. The van der Waals surface area contributed by atoms with Crippen molar-refractivity contribution in [3.05, 3.63) is 29.6 Å². The van der Waals surface area contributed by atoms with Crippen LogP contribution < -0.4 is 5.32 Å². The Morgan fingerprint density at radius 2 is 2.10 bits per heavy atom. The van der Waals surface area contributed by atoms with E-state index < -0.39 is 0 Å². The monoisotopic (exact) mass is 282 g/mol. The highest BCUT2D eigenvalue weighted by Gasteiger charge is 2.20. The van der Waals surface area contributed by atoms with Crippen LogP contribution in [0.1, 0.15) is 18.4 Å². The van der Waals surface area contributed by atoms with Crippen LogP contribution in [-0.2, 0) is 4.79 Å². The Morgan fingerprint density at radius 3 is 2.70 bits per heavy atom. The largest absolute Gasteiger partial charge is 0.325 e. The van der Waals surface area contributed by atoms with Gasteiger partial charge >= 0.3 is 0 Å². The molecule has 1 aliphatic rings. The molecule has 20 heavy (non-hydrogen) atoms. The maximum absolute atomic E-state index is 13.4. The molecule has 1 aromatic rings. The molecule has 0 bridgehead atoms. The average molecular weight is 282 g/mol. The Morgan fingerprint density at radius 1 is 1.40 bits per heavy atom. The summed E-state index contributed by atoms with van der Waals surface area (Å²) in [6, 6.07) is 4.64. The van der Waals surface area contributed by atoms with Gasteiger partial charge in [0.2, 0.25) is 5.91 Å². The van der Waals surface area contributed by atoms with Crippen LogP contribution in [0, 0.1) is 18.7 Å². The van der Waals surface area contributed by atoms with Crippen molar-refractivity contribution in [2.24, 2.45) is 5.92 Å². The van der Waals surface area contributed by atoms with E-state index in [2.05, 4.69) is 5.32 Å². The topological polar surface area (TPSA) is 32.3 Å². The lowest BCUT2D eigenvalue weighted by Crippen LogP contribution is -2.39. The van der Waals surface area contributed by atoms with Crippen LogP contribution in [0.2, 0.25) is 0 Å². The molecule has 5 heteroatoms. The summed E-state index contributed by atoms with van der Waals surface area (Å²) in [5.74, 6) is -0.348. The van der Waals surface area contributed by atoms with Crippen molar-refractivity contribution in [3.63, 3.8) is 0 Å². The summed E-state index contributed by atoms with van der Waals surface area (Å²) in [5.41, 5.74) is 1.02. The van der Waals surface area contributed by atoms with Crippen LogP contribution in [0.5, 0.6) is 0 Å². The van der Waals surface area contributed by atoms with Crippen molar-refractivity contribution in [2.75, 3.05) is 31.6 Å². The van der Waals surface area contributed by atoms with Crippen LogP contribution in [0.15, 0.2) is 18.2 Å². The normalized spacial score (nSPS) is 17.1. The van der Waals surface area contributed by atoms with Crippen molar-refractivity contribution in [1.82, 2.24) is 4.90 Å². The number of amides is 1. The molecule has 110 valence electrons. The number of halogens is 2. The fourth-order valence-electron chi connectivity index (χ4n) is 2.37. The van der Waals surface area contributed by atoms with Crippen LogP contribution in [0.4, 0.5) is 14.5 Å². The molecular formula is C15H20F2N2O. The van der Waals surface area contributed by atoms with E-state index in [-0.39, 0.29) is 30.9 Å². The van der Waals surface area contributed by atoms with Gasteiger partial charge in [-0.05, 0) is 56.5 Å². The van der Waals surface area contributed by atoms with Gasteiger partial charge in [0, 0.05) is 5.69 Å². The van der Waals surface area contributed by atoms with Gasteiger partial charge in [-0.15, -0.1) is 0 Å². The molecule has 1 aliphatic heterocycles. The third-order valence-electron chi connectivity index (χ3n) is 3.75. The molecule has 0 aromatic heterocycles. The zero-order chi connectivity index (χ0) is 14.5. The van der Waals surface area contributed by atoms with E-state index in [1.54, 1.807) is 19.1 Å². The van der Waals surface area contributed by atoms with E-state index in [1.165, 1.54) is 6.07 Å². The summed E-state index contributed by atoms with van der Waals surface area (Å²) >= 11 is 0. The summed E-state index contributed by atoms with van der Waals surface area (Å²) in [7, 11) is 0. The predicted octanol–water partition coefficient (Wildman–Crippen LogP) is 2.75. The smallest absolute Gasteiger partial charge is 0.238 e. The van der Waals surface area contributed by atoms with E-state index >= 15 is 0 Å². The summed E-state index contributed by atoms with van der Waals surface area (Å²) in [4.78, 5) is 13.9. The molecule has 1 aromatic carbocycles. The first-order valence-corrected chi connectivity index (χ1v) is 6.93. The van der Waals surface area contributed by atoms with Gasteiger partial charge in [0.1, 0.15) is 5.82 Å². The molecule has 1 amide bonds. The highest BCUT2D eigenvalue weighted by atomic mass is 19.1. The molecule has 0 aliphatic carbocycles. The Labute approximate surface area is 118 Å². The zero-order valence-corrected chi connectivity index (χ0v) is 11.7. The van der Waals surface area contributed by atoms with Gasteiger partial charge in [0.05, 0.1) is 13.2 Å². The lowest BCUT2D eigenvalue weighted by molar-refractivity contribution is -0.117. The van der Waals surface area contributed by atoms with Crippen molar-refractivity contribution in [1.29, 1.82) is 0 Å². The SMILES string of the molecule is Cc1ccc(NC(=O)CN2CCC(CF)CC2)cc1F. The highest BCUT2D eigenvalue weighted by Crippen LogP contribution is 2.18. The van der Waals surface area contributed by atoms with Gasteiger partial charge < -0.3 is 5.32 Å². The Balaban J connectivity index is 1.82. The van der Waals surface area contributed by atoms with E-state index in [1.807, 2.05) is 4.90 Å². The summed E-state index contributed by atoms with van der Waals surface area (Å²) in [5, 5.41) is 2.69. The maximum Gasteiger partial charge on any atom is 0.238 e. The molecule has 1 heterocycles. The summed E-state index contributed by atoms with van der Waals surface area (Å²) in [6.45, 7) is 3.15. The average Bonchev–Trinajstić information content (AvgIpc) is 2.44. The van der Waals surface area contributed by atoms with E-state index in [0.717, 1.165) is 25.9 Å². The minimum atomic E-state index is -0.327. The Kier molecular flexibility index (Phi) is 5.06. The fraction of sp³-hybridized carbons (Fsp3) is 0.533. The van der Waals surface area contributed by atoms with Gasteiger partial charge in [0.15, 0.2) is 0 Å². The molecule has 0 atom stereocenters. The number of rotatable bonds is 4. The minimum Gasteiger partial charge on any atom is -0.325 e. The predicted molar refractivity (Wildman–Crippen MR) is 74.9 cm³/mol. The molecule has 0 radical (unpaired) electrons. The number of piperidine rings is 1. The van der Waals surface area contributed by atoms with Crippen molar-refractivity contribution in [3.8, 4) is 0 Å². The Hall–Kier alpha value is -1.49. The van der Waals surface area contributed by atoms with E-state index in [0.29, 0.717) is 11.3 Å². The van der Waals surface area contributed by atoms with Gasteiger partial charge in [-0.25, -0.2) is 4.39 Å². The number of anilines is 1. The van der Waals surface area contributed by atoms with Gasteiger partial charge in [-0.1, -0.05) is 6.07 Å². The quantitative estimate of drug-likeness (QED) is 0.921. The molecule has 1 N–H and O–H groups in total.